The Bertz CT molecular complexity index is 599. The van der Waals surface area contributed by atoms with E-state index in [0.29, 0.717) is 12.8 Å². The van der Waals surface area contributed by atoms with E-state index < -0.39 is 32.6 Å². The lowest BCUT2D eigenvalue weighted by atomic mass is 9.86. The second-order valence-corrected chi connectivity index (χ2v) is 6.92. The van der Waals surface area contributed by atoms with Gasteiger partial charge in [0, 0.05) is 18.3 Å². The molecular formula is C13H18F2N2O3S. The number of nitrogens with one attached hydrogen (secondary N) is 1. The van der Waals surface area contributed by atoms with E-state index in [9.17, 15) is 22.3 Å². The van der Waals surface area contributed by atoms with Crippen LogP contribution in [0.5, 0.6) is 0 Å². The summed E-state index contributed by atoms with van der Waals surface area (Å²) in [5, 5.41) is 9.27. The molecule has 0 heterocycles. The predicted molar refractivity (Wildman–Crippen MR) is 73.9 cm³/mol. The van der Waals surface area contributed by atoms with Gasteiger partial charge in [0.25, 0.3) is 0 Å². The van der Waals surface area contributed by atoms with Gasteiger partial charge in [-0.1, -0.05) is 12.8 Å². The van der Waals surface area contributed by atoms with Crippen molar-refractivity contribution < 1.29 is 22.3 Å². The molecule has 0 amide bonds. The Morgan fingerprint density at radius 3 is 2.38 bits per heavy atom. The van der Waals surface area contributed by atoms with Crippen molar-refractivity contribution in [3.05, 3.63) is 23.8 Å². The van der Waals surface area contributed by atoms with Crippen molar-refractivity contribution in [2.75, 3.05) is 12.3 Å². The van der Waals surface area contributed by atoms with Crippen LogP contribution in [0, 0.1) is 17.6 Å². The highest BCUT2D eigenvalue weighted by Gasteiger charge is 2.32. The minimum Gasteiger partial charge on any atom is -0.399 e. The number of nitrogens with two attached hydrogens (primary N) is 1. The average molecular weight is 320 g/mol. The van der Waals surface area contributed by atoms with Gasteiger partial charge in [-0.25, -0.2) is 21.9 Å². The van der Waals surface area contributed by atoms with Gasteiger partial charge in [0.1, 0.15) is 11.6 Å². The molecule has 1 aliphatic carbocycles. The van der Waals surface area contributed by atoms with Gasteiger partial charge < -0.3 is 10.8 Å². The second-order valence-electron chi connectivity index (χ2n) is 5.27. The number of hydrogen-bond donors (Lipinski definition) is 3. The fraction of sp³-hybridized carbons (Fsp3) is 0.538. The third-order valence-electron chi connectivity index (χ3n) is 3.74. The first-order chi connectivity index (χ1) is 9.85. The van der Waals surface area contributed by atoms with Crippen LogP contribution < -0.4 is 10.5 Å². The maximum absolute atomic E-state index is 13.8. The Kier molecular flexibility index (Phi) is 4.80. The summed E-state index contributed by atoms with van der Waals surface area (Å²) in [4.78, 5) is -1.03. The molecule has 0 aromatic heterocycles. The summed E-state index contributed by atoms with van der Waals surface area (Å²) in [6.07, 6.45) is 2.91. The van der Waals surface area contributed by atoms with Gasteiger partial charge in [0.15, 0.2) is 4.90 Å². The zero-order valence-electron chi connectivity index (χ0n) is 11.4. The highest BCUT2D eigenvalue weighted by atomic mass is 32.2. The van der Waals surface area contributed by atoms with Crippen LogP contribution in [0.4, 0.5) is 14.5 Å². The first-order valence-electron chi connectivity index (χ1n) is 6.73. The molecule has 8 heteroatoms. The average Bonchev–Trinajstić information content (AvgIpc) is 2.37. The van der Waals surface area contributed by atoms with E-state index in [1.165, 1.54) is 0 Å². The summed E-state index contributed by atoms with van der Waals surface area (Å²) in [6, 6.07) is 1.01. The van der Waals surface area contributed by atoms with Crippen LogP contribution in [0.15, 0.2) is 17.0 Å². The zero-order chi connectivity index (χ0) is 15.6. The van der Waals surface area contributed by atoms with E-state index in [2.05, 4.69) is 4.72 Å². The Hall–Kier alpha value is -1.25. The minimum absolute atomic E-state index is 0.167. The molecule has 2 atom stereocenters. The highest BCUT2D eigenvalue weighted by Crippen LogP contribution is 2.27. The SMILES string of the molecule is Nc1cc(F)c(S(=O)(=O)NC2CCCCC2CO)c(F)c1. The standard InChI is InChI=1S/C13H18F2N2O3S/c14-10-5-9(16)6-11(15)13(10)21(19,20)17-12-4-2-1-3-8(12)7-18/h5-6,8,12,17-18H,1-4,7,16H2. The third kappa shape index (κ3) is 3.50. The van der Waals surface area contributed by atoms with E-state index in [1.54, 1.807) is 0 Å². The largest absolute Gasteiger partial charge is 0.399 e. The molecule has 0 bridgehead atoms. The number of rotatable bonds is 4. The lowest BCUT2D eigenvalue weighted by Gasteiger charge is -2.30. The molecule has 2 rings (SSSR count). The maximum atomic E-state index is 13.8. The van der Waals surface area contributed by atoms with Gasteiger partial charge in [-0.05, 0) is 30.9 Å². The van der Waals surface area contributed by atoms with Crippen molar-refractivity contribution in [3.8, 4) is 0 Å². The first kappa shape index (κ1) is 16.1. The van der Waals surface area contributed by atoms with Crippen molar-refractivity contribution >= 4 is 15.7 Å². The topological polar surface area (TPSA) is 92.4 Å². The van der Waals surface area contributed by atoms with E-state index >= 15 is 0 Å². The van der Waals surface area contributed by atoms with E-state index in [0.717, 1.165) is 25.0 Å². The predicted octanol–water partition coefficient (Wildman–Crippen LogP) is 1.38. The van der Waals surface area contributed by atoms with Crippen LogP contribution in [0.25, 0.3) is 0 Å². The second kappa shape index (κ2) is 6.25. The van der Waals surface area contributed by atoms with Gasteiger partial charge >= 0.3 is 0 Å². The molecule has 0 saturated heterocycles. The molecule has 0 radical (unpaired) electrons. The van der Waals surface area contributed by atoms with E-state index in [1.807, 2.05) is 0 Å². The van der Waals surface area contributed by atoms with Gasteiger partial charge in [0.05, 0.1) is 0 Å². The molecule has 0 spiro atoms. The Balaban J connectivity index is 2.30. The number of nitrogen functional groups attached to an aromatic ring is 1. The molecule has 0 aliphatic heterocycles. The summed E-state index contributed by atoms with van der Waals surface area (Å²) in [5.41, 5.74) is 5.09. The lowest BCUT2D eigenvalue weighted by Crippen LogP contribution is -2.43. The third-order valence-corrected chi connectivity index (χ3v) is 5.28. The smallest absolute Gasteiger partial charge is 0.246 e. The van der Waals surface area contributed by atoms with E-state index in [-0.39, 0.29) is 18.2 Å². The van der Waals surface area contributed by atoms with Crippen LogP contribution in [-0.2, 0) is 10.0 Å². The lowest BCUT2D eigenvalue weighted by molar-refractivity contribution is 0.164. The molecule has 21 heavy (non-hydrogen) atoms. The molecule has 1 aliphatic rings. The first-order valence-corrected chi connectivity index (χ1v) is 8.21. The molecule has 118 valence electrons. The Morgan fingerprint density at radius 2 is 1.81 bits per heavy atom. The number of anilines is 1. The molecule has 1 saturated carbocycles. The monoisotopic (exact) mass is 320 g/mol. The van der Waals surface area contributed by atoms with Crippen LogP contribution in [0.3, 0.4) is 0 Å². The zero-order valence-corrected chi connectivity index (χ0v) is 12.2. The molecule has 4 N–H and O–H groups in total. The number of benzene rings is 1. The van der Waals surface area contributed by atoms with Crippen molar-refractivity contribution in [2.45, 2.75) is 36.6 Å². The molecular weight excluding hydrogens is 302 g/mol. The van der Waals surface area contributed by atoms with Gasteiger partial charge in [-0.15, -0.1) is 0 Å². The fourth-order valence-corrected chi connectivity index (χ4v) is 4.13. The van der Waals surface area contributed by atoms with E-state index in [4.69, 9.17) is 5.73 Å². The quantitative estimate of drug-likeness (QED) is 0.731. The number of sulfonamides is 1. The number of halogens is 2. The minimum atomic E-state index is -4.35. The van der Waals surface area contributed by atoms with Crippen LogP contribution >= 0.6 is 0 Å². The number of aliphatic hydroxyl groups excluding tert-OH is 1. The molecule has 1 aromatic carbocycles. The van der Waals surface area contributed by atoms with Crippen molar-refractivity contribution in [1.29, 1.82) is 0 Å². The van der Waals surface area contributed by atoms with Gasteiger partial charge in [-0.3, -0.25) is 0 Å². The molecule has 1 aromatic rings. The van der Waals surface area contributed by atoms with Crippen LogP contribution in [0.1, 0.15) is 25.7 Å². The summed E-state index contributed by atoms with van der Waals surface area (Å²) in [7, 11) is -4.35. The van der Waals surface area contributed by atoms with Crippen LogP contribution in [0.2, 0.25) is 0 Å². The number of aliphatic hydroxyl groups is 1. The van der Waals surface area contributed by atoms with Crippen molar-refractivity contribution in [2.24, 2.45) is 5.92 Å². The summed E-state index contributed by atoms with van der Waals surface area (Å²) >= 11 is 0. The normalized spacial score (nSPS) is 23.2. The Labute approximate surface area is 122 Å². The Morgan fingerprint density at radius 1 is 1.24 bits per heavy atom. The summed E-state index contributed by atoms with van der Waals surface area (Å²) in [6.45, 7) is -0.167. The van der Waals surface area contributed by atoms with Crippen molar-refractivity contribution in [1.82, 2.24) is 4.72 Å². The highest BCUT2D eigenvalue weighted by molar-refractivity contribution is 7.89. The van der Waals surface area contributed by atoms with Gasteiger partial charge in [-0.2, -0.15) is 0 Å². The van der Waals surface area contributed by atoms with Gasteiger partial charge in [0.2, 0.25) is 10.0 Å². The summed E-state index contributed by atoms with van der Waals surface area (Å²) < 4.78 is 54.2. The fourth-order valence-electron chi connectivity index (χ4n) is 2.68. The van der Waals surface area contributed by atoms with Crippen molar-refractivity contribution in [3.63, 3.8) is 0 Å². The van der Waals surface area contributed by atoms with Crippen LogP contribution in [-0.4, -0.2) is 26.2 Å². The number of hydrogen-bond acceptors (Lipinski definition) is 4. The maximum Gasteiger partial charge on any atom is 0.246 e. The molecule has 1 fully saturated rings. The molecule has 5 nitrogen and oxygen atoms in total. The molecule has 2 unspecified atom stereocenters. The summed E-state index contributed by atoms with van der Waals surface area (Å²) in [5.74, 6) is -2.69.